The number of pyridine rings is 1. The molecule has 0 aromatic carbocycles. The molecule has 0 saturated heterocycles. The van der Waals surface area contributed by atoms with Gasteiger partial charge in [-0.25, -0.2) is 0 Å². The van der Waals surface area contributed by atoms with E-state index in [2.05, 4.69) is 22.5 Å². The zero-order valence-corrected chi connectivity index (χ0v) is 14.4. The minimum atomic E-state index is -0.272. The molecule has 0 spiro atoms. The number of thiophene rings is 1. The summed E-state index contributed by atoms with van der Waals surface area (Å²) in [5, 5.41) is 7.49. The molecule has 1 atom stereocenters. The summed E-state index contributed by atoms with van der Waals surface area (Å²) >= 11 is 1.29. The van der Waals surface area contributed by atoms with Crippen molar-refractivity contribution < 1.29 is 9.59 Å². The molecule has 0 aliphatic heterocycles. The molecule has 0 bridgehead atoms. The average molecular weight is 346 g/mol. The van der Waals surface area contributed by atoms with Gasteiger partial charge >= 0.3 is 0 Å². The van der Waals surface area contributed by atoms with Crippen LogP contribution < -0.4 is 16.4 Å². The summed E-state index contributed by atoms with van der Waals surface area (Å²) in [6, 6.07) is 4.92. The van der Waals surface area contributed by atoms with E-state index in [4.69, 9.17) is 5.73 Å². The lowest BCUT2D eigenvalue weighted by atomic mass is 10.1. The number of hydrogen-bond acceptors (Lipinski definition) is 5. The van der Waals surface area contributed by atoms with Gasteiger partial charge in [0.25, 0.3) is 11.8 Å². The van der Waals surface area contributed by atoms with E-state index in [1.54, 1.807) is 36.0 Å². The molecule has 2 aromatic rings. The van der Waals surface area contributed by atoms with Crippen LogP contribution in [-0.4, -0.2) is 29.4 Å². The van der Waals surface area contributed by atoms with Gasteiger partial charge in [-0.2, -0.15) is 0 Å². The van der Waals surface area contributed by atoms with E-state index in [1.165, 1.54) is 11.3 Å². The third-order valence-corrected chi connectivity index (χ3v) is 4.50. The standard InChI is InChI=1S/C17H22N4O2S/c1-2-3-4-13(11-18)20-17(23)15-14(7-10-24-15)21-16(22)12-5-8-19-9-6-12/h5-10,13H,2-4,11,18H2,1H3,(H,20,23)(H,21,22). The molecule has 7 heteroatoms. The van der Waals surface area contributed by atoms with Crippen LogP contribution in [0.5, 0.6) is 0 Å². The second kappa shape index (κ2) is 9.14. The van der Waals surface area contributed by atoms with Crippen molar-refractivity contribution in [2.45, 2.75) is 32.2 Å². The highest BCUT2D eigenvalue weighted by Crippen LogP contribution is 2.23. The molecule has 128 valence electrons. The first-order valence-electron chi connectivity index (χ1n) is 7.95. The molecule has 0 saturated carbocycles. The van der Waals surface area contributed by atoms with Crippen LogP contribution >= 0.6 is 11.3 Å². The Kier molecular flexibility index (Phi) is 6.89. The van der Waals surface area contributed by atoms with Gasteiger partial charge in [-0.3, -0.25) is 14.6 Å². The topological polar surface area (TPSA) is 97.1 Å². The van der Waals surface area contributed by atoms with Crippen molar-refractivity contribution in [3.63, 3.8) is 0 Å². The minimum Gasteiger partial charge on any atom is -0.347 e. The van der Waals surface area contributed by atoms with Crippen LogP contribution in [-0.2, 0) is 0 Å². The lowest BCUT2D eigenvalue weighted by Crippen LogP contribution is -2.40. The second-order valence-electron chi connectivity index (χ2n) is 5.40. The van der Waals surface area contributed by atoms with E-state index in [0.29, 0.717) is 22.7 Å². The molecule has 0 aliphatic carbocycles. The lowest BCUT2D eigenvalue weighted by Gasteiger charge is -2.16. The number of nitrogens with zero attached hydrogens (tertiary/aromatic N) is 1. The van der Waals surface area contributed by atoms with Gasteiger partial charge in [0, 0.05) is 30.5 Å². The number of nitrogens with two attached hydrogens (primary N) is 1. The first kappa shape index (κ1) is 18.1. The maximum absolute atomic E-state index is 12.5. The molecule has 24 heavy (non-hydrogen) atoms. The van der Waals surface area contributed by atoms with Crippen LogP contribution in [0.3, 0.4) is 0 Å². The Hall–Kier alpha value is -2.25. The first-order chi connectivity index (χ1) is 11.7. The number of carbonyl (C=O) groups excluding carboxylic acids is 2. The van der Waals surface area contributed by atoms with Crippen LogP contribution in [0, 0.1) is 0 Å². The Bertz CT molecular complexity index is 672. The molecule has 0 aliphatic rings. The summed E-state index contributed by atoms with van der Waals surface area (Å²) in [4.78, 5) is 29.0. The van der Waals surface area contributed by atoms with Crippen molar-refractivity contribution in [1.29, 1.82) is 0 Å². The van der Waals surface area contributed by atoms with E-state index in [-0.39, 0.29) is 17.9 Å². The van der Waals surface area contributed by atoms with Gasteiger partial charge in [0.15, 0.2) is 0 Å². The Morgan fingerprint density at radius 1 is 1.25 bits per heavy atom. The van der Waals surface area contributed by atoms with Gasteiger partial charge in [0.05, 0.1) is 5.69 Å². The Morgan fingerprint density at radius 2 is 2.00 bits per heavy atom. The highest BCUT2D eigenvalue weighted by molar-refractivity contribution is 7.12. The van der Waals surface area contributed by atoms with E-state index < -0.39 is 0 Å². The zero-order chi connectivity index (χ0) is 17.4. The Labute approximate surface area is 145 Å². The van der Waals surface area contributed by atoms with Crippen molar-refractivity contribution in [2.75, 3.05) is 11.9 Å². The number of anilines is 1. The van der Waals surface area contributed by atoms with Gasteiger partial charge in [-0.15, -0.1) is 11.3 Å². The predicted molar refractivity (Wildman–Crippen MR) is 96.3 cm³/mol. The quantitative estimate of drug-likeness (QED) is 0.684. The molecule has 4 N–H and O–H groups in total. The minimum absolute atomic E-state index is 0.0525. The zero-order valence-electron chi connectivity index (χ0n) is 13.6. The van der Waals surface area contributed by atoms with Gasteiger partial charge in [-0.05, 0) is 30.0 Å². The van der Waals surface area contributed by atoms with E-state index in [1.807, 2.05) is 0 Å². The smallest absolute Gasteiger partial charge is 0.263 e. The third-order valence-electron chi connectivity index (χ3n) is 3.59. The van der Waals surface area contributed by atoms with Crippen LogP contribution in [0.1, 0.15) is 46.2 Å². The fraction of sp³-hybridized carbons (Fsp3) is 0.353. The van der Waals surface area contributed by atoms with E-state index in [9.17, 15) is 9.59 Å². The van der Waals surface area contributed by atoms with Crippen molar-refractivity contribution in [3.8, 4) is 0 Å². The molecule has 6 nitrogen and oxygen atoms in total. The highest BCUT2D eigenvalue weighted by atomic mass is 32.1. The maximum Gasteiger partial charge on any atom is 0.263 e. The molecule has 0 radical (unpaired) electrons. The summed E-state index contributed by atoms with van der Waals surface area (Å²) < 4.78 is 0. The fourth-order valence-electron chi connectivity index (χ4n) is 2.23. The molecular weight excluding hydrogens is 324 g/mol. The van der Waals surface area contributed by atoms with Crippen LogP contribution in [0.2, 0.25) is 0 Å². The van der Waals surface area contributed by atoms with E-state index in [0.717, 1.165) is 19.3 Å². The first-order valence-corrected chi connectivity index (χ1v) is 8.83. The fourth-order valence-corrected chi connectivity index (χ4v) is 2.98. The van der Waals surface area contributed by atoms with Gasteiger partial charge in [0.1, 0.15) is 4.88 Å². The lowest BCUT2D eigenvalue weighted by molar-refractivity contribution is 0.0940. The summed E-state index contributed by atoms with van der Waals surface area (Å²) in [5.74, 6) is -0.479. The molecule has 2 aromatic heterocycles. The molecule has 0 fully saturated rings. The highest BCUT2D eigenvalue weighted by Gasteiger charge is 2.18. The number of rotatable bonds is 8. The van der Waals surface area contributed by atoms with Gasteiger partial charge < -0.3 is 16.4 Å². The van der Waals surface area contributed by atoms with Crippen molar-refractivity contribution in [3.05, 3.63) is 46.4 Å². The second-order valence-corrected chi connectivity index (χ2v) is 6.32. The Balaban J connectivity index is 2.03. The van der Waals surface area contributed by atoms with Crippen molar-refractivity contribution in [1.82, 2.24) is 10.3 Å². The number of amides is 2. The van der Waals surface area contributed by atoms with Crippen LogP contribution in [0.15, 0.2) is 36.0 Å². The number of aromatic nitrogens is 1. The van der Waals surface area contributed by atoms with E-state index >= 15 is 0 Å². The van der Waals surface area contributed by atoms with Crippen molar-refractivity contribution >= 4 is 28.8 Å². The summed E-state index contributed by atoms with van der Waals surface area (Å²) in [6.45, 7) is 2.50. The maximum atomic E-state index is 12.5. The molecule has 2 heterocycles. The molecule has 1 unspecified atom stereocenters. The molecular formula is C17H22N4O2S. The van der Waals surface area contributed by atoms with Crippen molar-refractivity contribution in [2.24, 2.45) is 5.73 Å². The largest absolute Gasteiger partial charge is 0.347 e. The summed E-state index contributed by atoms with van der Waals surface area (Å²) in [5.41, 5.74) is 6.72. The monoisotopic (exact) mass is 346 g/mol. The third kappa shape index (κ3) is 4.87. The number of hydrogen-bond donors (Lipinski definition) is 3. The van der Waals surface area contributed by atoms with Gasteiger partial charge in [-0.1, -0.05) is 19.8 Å². The normalized spacial score (nSPS) is 11.8. The van der Waals surface area contributed by atoms with Crippen LogP contribution in [0.25, 0.3) is 0 Å². The molecule has 2 rings (SSSR count). The SMILES string of the molecule is CCCCC(CN)NC(=O)c1sccc1NC(=O)c1ccncc1. The summed E-state index contributed by atoms with van der Waals surface area (Å²) in [6.07, 6.45) is 6.02. The Morgan fingerprint density at radius 3 is 2.67 bits per heavy atom. The number of unbranched alkanes of at least 4 members (excludes halogenated alkanes) is 1. The van der Waals surface area contributed by atoms with Crippen LogP contribution in [0.4, 0.5) is 5.69 Å². The molecule has 2 amide bonds. The predicted octanol–water partition coefficient (Wildman–Crippen LogP) is 2.64. The average Bonchev–Trinajstić information content (AvgIpc) is 3.07. The number of carbonyl (C=O) groups is 2. The van der Waals surface area contributed by atoms with Gasteiger partial charge in [0.2, 0.25) is 0 Å². The number of nitrogens with one attached hydrogen (secondary N) is 2. The summed E-state index contributed by atoms with van der Waals surface area (Å²) in [7, 11) is 0.